The predicted molar refractivity (Wildman–Crippen MR) is 123 cm³/mol. The smallest absolute Gasteiger partial charge is 0.247 e. The number of nitrogens with zero attached hydrogens (tertiary/aromatic N) is 7. The molecule has 2 aromatic rings. The molecule has 0 unspecified atom stereocenters. The highest BCUT2D eigenvalue weighted by molar-refractivity contribution is 6.35. The van der Waals surface area contributed by atoms with E-state index in [-0.39, 0.29) is 5.69 Å². The lowest BCUT2D eigenvalue weighted by Crippen LogP contribution is -2.49. The van der Waals surface area contributed by atoms with Gasteiger partial charge in [0.25, 0.3) is 0 Å². The number of hydrogen-bond acceptors (Lipinski definition) is 8. The molecule has 8 nitrogen and oxygen atoms in total. The zero-order valence-corrected chi connectivity index (χ0v) is 18.9. The number of halogens is 2. The van der Waals surface area contributed by atoms with Gasteiger partial charge in [-0.25, -0.2) is 0 Å². The van der Waals surface area contributed by atoms with Crippen molar-refractivity contribution >= 4 is 35.0 Å². The first-order chi connectivity index (χ1) is 15.1. The zero-order valence-electron chi connectivity index (χ0n) is 17.4. The van der Waals surface area contributed by atoms with Gasteiger partial charge in [0.2, 0.25) is 11.6 Å². The maximum absolute atomic E-state index is 9.39. The van der Waals surface area contributed by atoms with Crippen LogP contribution in [0, 0.1) is 11.3 Å². The van der Waals surface area contributed by atoms with Gasteiger partial charge in [-0.15, -0.1) is 10.2 Å². The molecule has 31 heavy (non-hydrogen) atoms. The molecule has 164 valence electrons. The summed E-state index contributed by atoms with van der Waals surface area (Å²) in [6, 6.07) is 7.37. The van der Waals surface area contributed by atoms with Gasteiger partial charge < -0.3 is 15.1 Å². The minimum Gasteiger partial charge on any atom is -0.363 e. The van der Waals surface area contributed by atoms with Crippen molar-refractivity contribution in [3.63, 3.8) is 0 Å². The van der Waals surface area contributed by atoms with E-state index in [1.54, 1.807) is 12.1 Å². The largest absolute Gasteiger partial charge is 0.363 e. The Kier molecular flexibility index (Phi) is 7.41. The topological polar surface area (TPSA) is 84.2 Å². The van der Waals surface area contributed by atoms with Crippen molar-refractivity contribution in [2.24, 2.45) is 0 Å². The quantitative estimate of drug-likeness (QED) is 0.674. The molecule has 2 saturated heterocycles. The first-order valence-corrected chi connectivity index (χ1v) is 11.4. The summed E-state index contributed by atoms with van der Waals surface area (Å²) in [5.74, 6) is 0.956. The standard InChI is InChI=1S/C21H26Cl2N8/c22-17-4-3-16(18(23)13-17)15-25-20-19(14-24)27-28-21(26-20)31-11-9-30(10-12-31)8-7-29-5-1-2-6-29/h3-4,13H,1-2,5-12,15H2,(H,25,26,28). The van der Waals surface area contributed by atoms with Gasteiger partial charge in [-0.05, 0) is 43.6 Å². The molecule has 0 spiro atoms. The molecule has 3 heterocycles. The molecule has 0 radical (unpaired) electrons. The highest BCUT2D eigenvalue weighted by Gasteiger charge is 2.22. The summed E-state index contributed by atoms with van der Waals surface area (Å²) in [6.45, 7) is 8.77. The van der Waals surface area contributed by atoms with Crippen LogP contribution in [0.5, 0.6) is 0 Å². The van der Waals surface area contributed by atoms with Crippen molar-refractivity contribution in [3.8, 4) is 6.07 Å². The fraction of sp³-hybridized carbons (Fsp3) is 0.524. The molecule has 10 heteroatoms. The third-order valence-corrected chi connectivity index (χ3v) is 6.42. The number of nitrogens with one attached hydrogen (secondary N) is 1. The lowest BCUT2D eigenvalue weighted by Gasteiger charge is -2.35. The molecule has 4 rings (SSSR count). The second-order valence-electron chi connectivity index (χ2n) is 7.89. The summed E-state index contributed by atoms with van der Waals surface area (Å²) >= 11 is 12.2. The van der Waals surface area contributed by atoms with Gasteiger partial charge in [-0.3, -0.25) is 4.90 Å². The molecule has 2 aliphatic rings. The molecular weight excluding hydrogens is 435 g/mol. The maximum atomic E-state index is 9.39. The molecule has 0 atom stereocenters. The summed E-state index contributed by atoms with van der Waals surface area (Å²) in [5, 5.41) is 22.0. The average molecular weight is 461 g/mol. The summed E-state index contributed by atoms with van der Waals surface area (Å²) in [5.41, 5.74) is 1.03. The van der Waals surface area contributed by atoms with E-state index in [0.717, 1.165) is 44.8 Å². The normalized spacial score (nSPS) is 17.6. The summed E-state index contributed by atoms with van der Waals surface area (Å²) in [4.78, 5) is 11.8. The number of piperazine rings is 1. The van der Waals surface area contributed by atoms with Gasteiger partial charge in [0.1, 0.15) is 6.07 Å². The monoisotopic (exact) mass is 460 g/mol. The van der Waals surface area contributed by atoms with E-state index in [9.17, 15) is 5.26 Å². The Morgan fingerprint density at radius 1 is 0.968 bits per heavy atom. The van der Waals surface area contributed by atoms with E-state index < -0.39 is 0 Å². The van der Waals surface area contributed by atoms with Gasteiger partial charge >= 0.3 is 0 Å². The molecule has 0 amide bonds. The summed E-state index contributed by atoms with van der Waals surface area (Å²) in [6.07, 6.45) is 2.66. The molecular formula is C21H26Cl2N8. The third-order valence-electron chi connectivity index (χ3n) is 5.83. The van der Waals surface area contributed by atoms with Gasteiger partial charge in [-0.1, -0.05) is 29.3 Å². The number of anilines is 2. The number of nitriles is 1. The lowest BCUT2D eigenvalue weighted by atomic mass is 10.2. The fourth-order valence-electron chi connectivity index (χ4n) is 3.95. The van der Waals surface area contributed by atoms with Gasteiger partial charge in [0.05, 0.1) is 0 Å². The van der Waals surface area contributed by atoms with E-state index in [1.165, 1.54) is 25.9 Å². The van der Waals surface area contributed by atoms with Crippen LogP contribution >= 0.6 is 23.2 Å². The predicted octanol–water partition coefficient (Wildman–Crippen LogP) is 2.88. The highest BCUT2D eigenvalue weighted by atomic mass is 35.5. The molecule has 1 N–H and O–H groups in total. The molecule has 2 aliphatic heterocycles. The van der Waals surface area contributed by atoms with Gasteiger partial charge in [-0.2, -0.15) is 10.2 Å². The van der Waals surface area contributed by atoms with E-state index in [0.29, 0.717) is 28.4 Å². The van der Waals surface area contributed by atoms with Gasteiger partial charge in [0, 0.05) is 55.9 Å². The van der Waals surface area contributed by atoms with Crippen molar-refractivity contribution in [2.75, 3.05) is 62.6 Å². The second kappa shape index (κ2) is 10.4. The minimum atomic E-state index is 0.165. The molecule has 0 bridgehead atoms. The minimum absolute atomic E-state index is 0.165. The Bertz CT molecular complexity index is 933. The summed E-state index contributed by atoms with van der Waals surface area (Å²) in [7, 11) is 0. The molecule has 1 aromatic heterocycles. The number of hydrogen-bond donors (Lipinski definition) is 1. The Morgan fingerprint density at radius 2 is 1.68 bits per heavy atom. The number of likely N-dealkylation sites (tertiary alicyclic amines) is 1. The van der Waals surface area contributed by atoms with Crippen molar-refractivity contribution in [1.82, 2.24) is 25.0 Å². The Labute approximate surface area is 192 Å². The number of rotatable bonds is 7. The molecule has 0 saturated carbocycles. The number of benzene rings is 1. The van der Waals surface area contributed by atoms with Crippen molar-refractivity contribution in [3.05, 3.63) is 39.5 Å². The van der Waals surface area contributed by atoms with Crippen LogP contribution in [0.4, 0.5) is 11.8 Å². The second-order valence-corrected chi connectivity index (χ2v) is 8.73. The first kappa shape index (κ1) is 22.0. The highest BCUT2D eigenvalue weighted by Crippen LogP contribution is 2.23. The third kappa shape index (κ3) is 5.74. The Hall–Kier alpha value is -2.18. The van der Waals surface area contributed by atoms with Crippen molar-refractivity contribution < 1.29 is 0 Å². The van der Waals surface area contributed by atoms with E-state index in [4.69, 9.17) is 23.2 Å². The van der Waals surface area contributed by atoms with Crippen LogP contribution in [-0.2, 0) is 6.54 Å². The van der Waals surface area contributed by atoms with Crippen LogP contribution in [0.2, 0.25) is 10.0 Å². The molecule has 2 fully saturated rings. The summed E-state index contributed by atoms with van der Waals surface area (Å²) < 4.78 is 0. The number of aromatic nitrogens is 3. The van der Waals surface area contributed by atoms with E-state index in [2.05, 4.69) is 41.3 Å². The first-order valence-electron chi connectivity index (χ1n) is 10.6. The van der Waals surface area contributed by atoms with E-state index in [1.807, 2.05) is 6.07 Å². The van der Waals surface area contributed by atoms with Gasteiger partial charge in [0.15, 0.2) is 5.82 Å². The fourth-order valence-corrected chi connectivity index (χ4v) is 4.43. The Balaban J connectivity index is 1.35. The van der Waals surface area contributed by atoms with E-state index >= 15 is 0 Å². The average Bonchev–Trinajstić information content (AvgIpc) is 3.31. The maximum Gasteiger partial charge on any atom is 0.247 e. The van der Waals surface area contributed by atoms with Crippen molar-refractivity contribution in [1.29, 1.82) is 5.26 Å². The van der Waals surface area contributed by atoms with Crippen LogP contribution in [0.25, 0.3) is 0 Å². The van der Waals surface area contributed by atoms with Crippen LogP contribution in [0.3, 0.4) is 0 Å². The SMILES string of the molecule is N#Cc1nnc(N2CCN(CCN3CCCC3)CC2)nc1NCc1ccc(Cl)cc1Cl. The van der Waals surface area contributed by atoms with Crippen LogP contribution < -0.4 is 10.2 Å². The van der Waals surface area contributed by atoms with Crippen LogP contribution in [0.1, 0.15) is 24.1 Å². The van der Waals surface area contributed by atoms with Crippen LogP contribution in [-0.4, -0.2) is 77.3 Å². The lowest BCUT2D eigenvalue weighted by molar-refractivity contribution is 0.215. The van der Waals surface area contributed by atoms with Crippen LogP contribution in [0.15, 0.2) is 18.2 Å². The Morgan fingerprint density at radius 3 is 2.35 bits per heavy atom. The molecule has 0 aliphatic carbocycles. The van der Waals surface area contributed by atoms with Crippen molar-refractivity contribution in [2.45, 2.75) is 19.4 Å². The molecule has 1 aromatic carbocycles. The zero-order chi connectivity index (χ0) is 21.6.